The number of aromatic hydroxyl groups is 1. The topological polar surface area (TPSA) is 126 Å². The number of aryl methyl sites for hydroxylation is 1. The van der Waals surface area contributed by atoms with Gasteiger partial charge in [-0.05, 0) is 48.7 Å². The zero-order valence-electron chi connectivity index (χ0n) is 25.1. The van der Waals surface area contributed by atoms with Gasteiger partial charge in [-0.15, -0.1) is 0 Å². The van der Waals surface area contributed by atoms with Crippen molar-refractivity contribution in [1.29, 1.82) is 0 Å². The lowest BCUT2D eigenvalue weighted by Crippen LogP contribution is -2.73. The summed E-state index contributed by atoms with van der Waals surface area (Å²) < 4.78 is 59.0. The monoisotopic (exact) mass is 635 g/mol. The third-order valence-corrected chi connectivity index (χ3v) is 9.58. The number of pyridine rings is 3. The first-order chi connectivity index (χ1) is 21.2. The molecule has 0 bridgehead atoms. The van der Waals surface area contributed by atoms with Crippen molar-refractivity contribution in [3.05, 3.63) is 82.4 Å². The van der Waals surface area contributed by atoms with Crippen LogP contribution in [0.3, 0.4) is 0 Å². The van der Waals surface area contributed by atoms with Crippen molar-refractivity contribution in [1.82, 2.24) is 19.4 Å². The molecule has 0 saturated carbocycles. The molecular formula is C32H31F2N5O5S. The van der Waals surface area contributed by atoms with E-state index in [0.29, 0.717) is 37.4 Å². The second-order valence-electron chi connectivity index (χ2n) is 12.2. The van der Waals surface area contributed by atoms with Gasteiger partial charge in [-0.2, -0.15) is 0 Å². The van der Waals surface area contributed by atoms with E-state index in [1.165, 1.54) is 18.2 Å². The number of anilines is 1. The predicted octanol–water partition coefficient (Wildman–Crippen LogP) is 4.10. The van der Waals surface area contributed by atoms with E-state index in [9.17, 15) is 23.1 Å². The fraction of sp³-hybridized carbons (Fsp3) is 0.312. The van der Waals surface area contributed by atoms with E-state index in [4.69, 9.17) is 0 Å². The van der Waals surface area contributed by atoms with Gasteiger partial charge in [-0.3, -0.25) is 19.1 Å². The number of sulfone groups is 1. The maximum atomic E-state index is 16.0. The molecule has 2 fully saturated rings. The highest BCUT2D eigenvalue weighted by molar-refractivity contribution is 7.90. The molecule has 0 aliphatic carbocycles. The van der Waals surface area contributed by atoms with E-state index in [2.05, 4.69) is 16.5 Å². The van der Waals surface area contributed by atoms with Crippen LogP contribution in [0.5, 0.6) is 5.75 Å². The Morgan fingerprint density at radius 3 is 2.40 bits per heavy atom. The van der Waals surface area contributed by atoms with Gasteiger partial charge in [0, 0.05) is 49.4 Å². The van der Waals surface area contributed by atoms with Crippen LogP contribution in [0.4, 0.5) is 14.5 Å². The highest BCUT2D eigenvalue weighted by Crippen LogP contribution is 2.46. The Bertz CT molecular complexity index is 2080. The van der Waals surface area contributed by atoms with E-state index in [0.717, 1.165) is 23.0 Å². The quantitative estimate of drug-likeness (QED) is 0.314. The van der Waals surface area contributed by atoms with Crippen molar-refractivity contribution in [3.63, 3.8) is 0 Å². The Morgan fingerprint density at radius 1 is 1.11 bits per heavy atom. The molecule has 234 valence electrons. The Balaban J connectivity index is 1.69. The van der Waals surface area contributed by atoms with Crippen LogP contribution in [0, 0.1) is 24.0 Å². The summed E-state index contributed by atoms with van der Waals surface area (Å²) in [6, 6.07) is 6.19. The van der Waals surface area contributed by atoms with Crippen LogP contribution >= 0.6 is 0 Å². The molecule has 0 radical (unpaired) electrons. The molecule has 45 heavy (non-hydrogen) atoms. The van der Waals surface area contributed by atoms with Crippen LogP contribution in [0.1, 0.15) is 31.0 Å². The lowest BCUT2D eigenvalue weighted by atomic mass is 9.72. The first-order valence-electron chi connectivity index (χ1n) is 14.3. The minimum absolute atomic E-state index is 0.0123. The number of hydrogen-bond donors (Lipinski definition) is 1. The summed E-state index contributed by atoms with van der Waals surface area (Å²) in [5, 5.41) is 10.5. The third-order valence-electron chi connectivity index (χ3n) is 8.47. The third kappa shape index (κ3) is 4.76. The van der Waals surface area contributed by atoms with Gasteiger partial charge in [0.25, 0.3) is 5.56 Å². The molecule has 1 N–H and O–H groups in total. The summed E-state index contributed by atoms with van der Waals surface area (Å²) in [7, 11) is -4.22. The van der Waals surface area contributed by atoms with Crippen molar-refractivity contribution in [2.45, 2.75) is 31.6 Å². The number of hydrogen-bond acceptors (Lipinski definition) is 8. The van der Waals surface area contributed by atoms with E-state index in [-0.39, 0.29) is 39.6 Å². The standard InChI is InChI=1S/C32H31F2N5O5S/c1-6-23(41)37-13-32(14-37)15-38(16-32)28-19-12-21(34)26(24-20(33)8-7-9-22(24)40)36-30(19)39(31(42)29(28)45(5,43)44)27-18(4)10-11-35-25(27)17(2)3/h6-12,17,40H,1,13-16H2,2-5H3. The van der Waals surface area contributed by atoms with Gasteiger partial charge in [-0.1, -0.05) is 26.5 Å². The first kappa shape index (κ1) is 30.4. The lowest BCUT2D eigenvalue weighted by molar-refractivity contribution is -0.139. The van der Waals surface area contributed by atoms with E-state index >= 15 is 8.78 Å². The number of amides is 1. The molecule has 0 unspecified atom stereocenters. The predicted molar refractivity (Wildman–Crippen MR) is 166 cm³/mol. The number of phenolic OH excluding ortho intramolecular Hbond substituents is 1. The van der Waals surface area contributed by atoms with Crippen LogP contribution in [-0.2, 0) is 14.6 Å². The van der Waals surface area contributed by atoms with Crippen LogP contribution in [0.15, 0.2) is 58.9 Å². The molecule has 13 heteroatoms. The minimum atomic E-state index is -4.22. The number of aromatic nitrogens is 3. The maximum Gasteiger partial charge on any atom is 0.277 e. The summed E-state index contributed by atoms with van der Waals surface area (Å²) in [4.78, 5) is 38.3. The molecule has 6 rings (SSSR count). The molecule has 4 aromatic rings. The summed E-state index contributed by atoms with van der Waals surface area (Å²) in [5.74, 6) is -2.95. The molecule has 2 aliphatic heterocycles. The molecule has 0 atom stereocenters. The molecule has 10 nitrogen and oxygen atoms in total. The molecule has 3 aromatic heterocycles. The molecular weight excluding hydrogens is 604 g/mol. The number of fused-ring (bicyclic) bond motifs is 1. The highest BCUT2D eigenvalue weighted by atomic mass is 32.2. The van der Waals surface area contributed by atoms with Crippen LogP contribution < -0.4 is 10.5 Å². The van der Waals surface area contributed by atoms with Gasteiger partial charge < -0.3 is 14.9 Å². The minimum Gasteiger partial charge on any atom is -0.507 e. The van der Waals surface area contributed by atoms with Gasteiger partial charge >= 0.3 is 0 Å². The maximum absolute atomic E-state index is 16.0. The van der Waals surface area contributed by atoms with E-state index < -0.39 is 48.9 Å². The molecule has 1 spiro atoms. The number of halogens is 2. The zero-order valence-corrected chi connectivity index (χ0v) is 26.0. The molecule has 1 aromatic carbocycles. The van der Waals surface area contributed by atoms with Gasteiger partial charge in [0.15, 0.2) is 26.2 Å². The van der Waals surface area contributed by atoms with Crippen LogP contribution in [-0.4, -0.2) is 71.3 Å². The average molecular weight is 636 g/mol. The number of carbonyl (C=O) groups is 1. The Morgan fingerprint density at radius 2 is 1.80 bits per heavy atom. The molecule has 1 amide bonds. The van der Waals surface area contributed by atoms with Crippen molar-refractivity contribution >= 4 is 32.5 Å². The summed E-state index contributed by atoms with van der Waals surface area (Å²) in [6.45, 7) is 10.4. The largest absolute Gasteiger partial charge is 0.507 e. The number of phenols is 1. The van der Waals surface area contributed by atoms with Crippen molar-refractivity contribution in [3.8, 4) is 22.7 Å². The molecule has 2 aliphatic rings. The van der Waals surface area contributed by atoms with Gasteiger partial charge in [0.1, 0.15) is 17.3 Å². The number of nitrogens with zero attached hydrogens (tertiary/aromatic N) is 5. The Hall–Kier alpha value is -4.65. The number of rotatable bonds is 6. The first-order valence-corrected chi connectivity index (χ1v) is 16.2. The van der Waals surface area contributed by atoms with Gasteiger partial charge in [0.2, 0.25) is 5.91 Å². The number of benzene rings is 1. The summed E-state index contributed by atoms with van der Waals surface area (Å²) >= 11 is 0. The van der Waals surface area contributed by atoms with Crippen molar-refractivity contribution in [2.24, 2.45) is 5.41 Å². The van der Waals surface area contributed by atoms with E-state index in [1.807, 2.05) is 13.8 Å². The fourth-order valence-corrected chi connectivity index (χ4v) is 7.48. The molecule has 2 saturated heterocycles. The van der Waals surface area contributed by atoms with Gasteiger partial charge in [-0.25, -0.2) is 22.2 Å². The van der Waals surface area contributed by atoms with Gasteiger partial charge in [0.05, 0.1) is 22.6 Å². The normalized spacial score (nSPS) is 15.8. The summed E-state index contributed by atoms with van der Waals surface area (Å²) in [5.41, 5.74) is -1.11. The Kier molecular flexibility index (Phi) is 7.07. The second-order valence-corrected chi connectivity index (χ2v) is 14.1. The van der Waals surface area contributed by atoms with Crippen LogP contribution in [0.25, 0.3) is 28.0 Å². The lowest BCUT2D eigenvalue weighted by Gasteiger charge is -2.61. The fourth-order valence-electron chi connectivity index (χ4n) is 6.48. The summed E-state index contributed by atoms with van der Waals surface area (Å²) in [6.07, 6.45) is 3.72. The van der Waals surface area contributed by atoms with Crippen molar-refractivity contribution in [2.75, 3.05) is 37.3 Å². The Labute approximate surface area is 258 Å². The number of carbonyl (C=O) groups excluding carboxylic acids is 1. The van der Waals surface area contributed by atoms with Crippen LogP contribution in [0.2, 0.25) is 0 Å². The second kappa shape index (κ2) is 10.5. The molecule has 5 heterocycles. The average Bonchev–Trinajstić information content (AvgIpc) is 2.91. The highest BCUT2D eigenvalue weighted by Gasteiger charge is 2.54. The van der Waals surface area contributed by atoms with Crippen molar-refractivity contribution < 1.29 is 27.1 Å². The van der Waals surface area contributed by atoms with E-state index in [1.54, 1.807) is 29.0 Å². The SMILES string of the molecule is C=CC(=O)N1CC2(C1)CN(c1c(S(C)(=O)=O)c(=O)n(-c3c(C)ccnc3C(C)C)c3nc(-c4c(O)cccc4F)c(F)cc13)C2. The smallest absolute Gasteiger partial charge is 0.277 e. The number of likely N-dealkylation sites (tertiary alicyclic amines) is 1. The zero-order chi connectivity index (χ0) is 32.6.